The Kier molecular flexibility index (Phi) is 6.23. The van der Waals surface area contributed by atoms with Gasteiger partial charge in [-0.1, -0.05) is 45.2 Å². The van der Waals surface area contributed by atoms with Crippen LogP contribution in [0.25, 0.3) is 0 Å². The maximum absolute atomic E-state index is 12.6. The molecule has 0 saturated carbocycles. The van der Waals surface area contributed by atoms with E-state index in [0.29, 0.717) is 19.0 Å². The second-order valence-electron chi connectivity index (χ2n) is 4.68. The number of sulfonamides is 1. The largest absolute Gasteiger partial charge is 0.382 e. The summed E-state index contributed by atoms with van der Waals surface area (Å²) in [7, 11) is -3.57. The summed E-state index contributed by atoms with van der Waals surface area (Å²) in [6.45, 7) is 6.88. The lowest BCUT2D eigenvalue weighted by Crippen LogP contribution is -2.35. The normalized spacial score (nSPS) is 12.3. The van der Waals surface area contributed by atoms with E-state index >= 15 is 0 Å². The van der Waals surface area contributed by atoms with Crippen molar-refractivity contribution in [3.05, 3.63) is 17.3 Å². The van der Waals surface area contributed by atoms with Crippen molar-refractivity contribution in [2.75, 3.05) is 18.8 Å². The van der Waals surface area contributed by atoms with Crippen LogP contribution in [-0.4, -0.2) is 30.8 Å². The van der Waals surface area contributed by atoms with Gasteiger partial charge in [0.05, 0.1) is 5.02 Å². The van der Waals surface area contributed by atoms with Gasteiger partial charge < -0.3 is 5.73 Å². The second kappa shape index (κ2) is 7.24. The molecule has 0 aliphatic carbocycles. The summed E-state index contributed by atoms with van der Waals surface area (Å²) in [6, 6.07) is 1.36. The molecule has 0 aromatic carbocycles. The fourth-order valence-electron chi connectivity index (χ4n) is 1.95. The predicted octanol–water partition coefficient (Wildman–Crippen LogP) is 2.76. The fourth-order valence-corrected chi connectivity index (χ4v) is 3.68. The van der Waals surface area contributed by atoms with Crippen molar-refractivity contribution in [3.63, 3.8) is 0 Å². The monoisotopic (exact) mass is 319 g/mol. The predicted molar refractivity (Wildman–Crippen MR) is 82.2 cm³/mol. The first kappa shape index (κ1) is 17.2. The summed E-state index contributed by atoms with van der Waals surface area (Å²) in [5.74, 6) is 0.482. The van der Waals surface area contributed by atoms with Gasteiger partial charge in [0.25, 0.3) is 0 Å². The zero-order chi connectivity index (χ0) is 15.3. The lowest BCUT2D eigenvalue weighted by molar-refractivity contribution is 0.339. The van der Waals surface area contributed by atoms with Gasteiger partial charge in [-0.3, -0.25) is 0 Å². The van der Waals surface area contributed by atoms with Gasteiger partial charge in [0.1, 0.15) is 10.7 Å². The number of hydrogen-bond acceptors (Lipinski definition) is 4. The van der Waals surface area contributed by atoms with Gasteiger partial charge in [-0.15, -0.1) is 0 Å². The van der Waals surface area contributed by atoms with Gasteiger partial charge in [-0.2, -0.15) is 4.31 Å². The highest BCUT2D eigenvalue weighted by molar-refractivity contribution is 7.89. The number of halogens is 1. The number of aromatic nitrogens is 1. The molecule has 1 aromatic heterocycles. The van der Waals surface area contributed by atoms with Crippen molar-refractivity contribution in [2.24, 2.45) is 5.92 Å². The van der Waals surface area contributed by atoms with Crippen molar-refractivity contribution in [1.82, 2.24) is 9.29 Å². The van der Waals surface area contributed by atoms with Crippen molar-refractivity contribution >= 4 is 27.4 Å². The van der Waals surface area contributed by atoms with Crippen LogP contribution in [0.1, 0.15) is 33.6 Å². The van der Waals surface area contributed by atoms with E-state index < -0.39 is 10.0 Å². The third kappa shape index (κ3) is 3.84. The first-order valence-corrected chi connectivity index (χ1v) is 8.59. The van der Waals surface area contributed by atoms with Gasteiger partial charge in [0, 0.05) is 19.3 Å². The Labute approximate surface area is 126 Å². The number of nitrogens with two attached hydrogens (primary N) is 1. The first-order valence-electron chi connectivity index (χ1n) is 6.77. The third-order valence-electron chi connectivity index (χ3n) is 3.45. The van der Waals surface area contributed by atoms with Crippen LogP contribution < -0.4 is 5.73 Å². The van der Waals surface area contributed by atoms with Crippen LogP contribution in [0.2, 0.25) is 5.02 Å². The third-order valence-corrected chi connectivity index (χ3v) is 5.66. The molecule has 0 saturated heterocycles. The number of rotatable bonds is 7. The topological polar surface area (TPSA) is 76.3 Å². The molecule has 0 aliphatic rings. The molecular weight excluding hydrogens is 298 g/mol. The minimum atomic E-state index is -3.57. The molecule has 0 aliphatic heterocycles. The Morgan fingerprint density at radius 3 is 2.40 bits per heavy atom. The molecule has 0 amide bonds. The molecule has 1 rings (SSSR count). The average molecular weight is 320 g/mol. The number of nitrogen functional groups attached to an aromatic ring is 1. The van der Waals surface area contributed by atoms with Gasteiger partial charge >= 0.3 is 0 Å². The minimum Gasteiger partial charge on any atom is -0.382 e. The van der Waals surface area contributed by atoms with E-state index in [4.69, 9.17) is 17.3 Å². The molecule has 0 bridgehead atoms. The van der Waals surface area contributed by atoms with Crippen molar-refractivity contribution in [1.29, 1.82) is 0 Å². The van der Waals surface area contributed by atoms with E-state index in [2.05, 4.69) is 18.8 Å². The Hall–Kier alpha value is -0.850. The maximum Gasteiger partial charge on any atom is 0.244 e. The molecule has 0 fully saturated rings. The van der Waals surface area contributed by atoms with Gasteiger partial charge in [-0.25, -0.2) is 13.4 Å². The molecule has 1 aromatic rings. The summed E-state index contributed by atoms with van der Waals surface area (Å²) in [4.78, 5) is 3.91. The Morgan fingerprint density at radius 2 is 1.95 bits per heavy atom. The van der Waals surface area contributed by atoms with Crippen LogP contribution in [0.3, 0.4) is 0 Å². The average Bonchev–Trinajstić information content (AvgIpc) is 2.42. The Morgan fingerprint density at radius 1 is 1.35 bits per heavy atom. The molecular formula is C13H22ClN3O2S. The second-order valence-corrected chi connectivity index (χ2v) is 7.02. The van der Waals surface area contributed by atoms with Crippen LogP contribution in [0.5, 0.6) is 0 Å². The first-order chi connectivity index (χ1) is 9.36. The highest BCUT2D eigenvalue weighted by Gasteiger charge is 2.25. The molecule has 0 spiro atoms. The van der Waals surface area contributed by atoms with E-state index in [0.717, 1.165) is 12.8 Å². The lowest BCUT2D eigenvalue weighted by Gasteiger charge is -2.24. The van der Waals surface area contributed by atoms with Gasteiger partial charge in [0.15, 0.2) is 0 Å². The number of anilines is 1. The molecule has 5 nitrogen and oxygen atoms in total. The number of pyridine rings is 1. The summed E-state index contributed by atoms with van der Waals surface area (Å²) < 4.78 is 26.6. The molecule has 114 valence electrons. The van der Waals surface area contributed by atoms with Crippen molar-refractivity contribution in [2.45, 2.75) is 38.5 Å². The van der Waals surface area contributed by atoms with E-state index in [1.165, 1.54) is 16.6 Å². The Balaban J connectivity index is 3.08. The molecule has 7 heteroatoms. The minimum absolute atomic E-state index is 0.0875. The van der Waals surface area contributed by atoms with Crippen LogP contribution in [-0.2, 0) is 10.0 Å². The molecule has 1 heterocycles. The molecule has 0 atom stereocenters. The quantitative estimate of drug-likeness (QED) is 0.838. The highest BCUT2D eigenvalue weighted by Crippen LogP contribution is 2.23. The summed E-state index contributed by atoms with van der Waals surface area (Å²) >= 11 is 5.86. The smallest absolute Gasteiger partial charge is 0.244 e. The summed E-state index contributed by atoms with van der Waals surface area (Å²) in [5, 5.41) is 0.157. The SMILES string of the molecule is CCC(CC)CN(CC)S(=O)(=O)c1cnc(N)c(Cl)c1. The van der Waals surface area contributed by atoms with E-state index in [1.807, 2.05) is 6.92 Å². The van der Waals surface area contributed by atoms with Crippen LogP contribution in [0, 0.1) is 5.92 Å². The van der Waals surface area contributed by atoms with Crippen LogP contribution in [0.4, 0.5) is 5.82 Å². The number of nitrogens with zero attached hydrogens (tertiary/aromatic N) is 2. The van der Waals surface area contributed by atoms with Crippen LogP contribution >= 0.6 is 11.6 Å². The molecule has 0 radical (unpaired) electrons. The number of hydrogen-bond donors (Lipinski definition) is 1. The highest BCUT2D eigenvalue weighted by atomic mass is 35.5. The molecule has 2 N–H and O–H groups in total. The fraction of sp³-hybridized carbons (Fsp3) is 0.615. The standard InChI is InChI=1S/C13H22ClN3O2S/c1-4-10(5-2)9-17(6-3)20(18,19)11-7-12(14)13(15)16-8-11/h7-8,10H,4-6,9H2,1-3H3,(H2,15,16). The summed E-state index contributed by atoms with van der Waals surface area (Å²) in [5.41, 5.74) is 5.51. The van der Waals surface area contributed by atoms with E-state index in [9.17, 15) is 8.42 Å². The van der Waals surface area contributed by atoms with E-state index in [-0.39, 0.29) is 15.7 Å². The summed E-state index contributed by atoms with van der Waals surface area (Å²) in [6.07, 6.45) is 3.15. The Bertz CT molecular complexity index is 545. The van der Waals surface area contributed by atoms with Gasteiger partial charge in [-0.05, 0) is 12.0 Å². The van der Waals surface area contributed by atoms with Crippen molar-refractivity contribution in [3.8, 4) is 0 Å². The van der Waals surface area contributed by atoms with Gasteiger partial charge in [0.2, 0.25) is 10.0 Å². The lowest BCUT2D eigenvalue weighted by atomic mass is 10.0. The molecule has 20 heavy (non-hydrogen) atoms. The molecule has 0 unspecified atom stereocenters. The zero-order valence-electron chi connectivity index (χ0n) is 12.1. The van der Waals surface area contributed by atoms with E-state index in [1.54, 1.807) is 0 Å². The maximum atomic E-state index is 12.6. The van der Waals surface area contributed by atoms with Crippen molar-refractivity contribution < 1.29 is 8.42 Å². The zero-order valence-corrected chi connectivity index (χ0v) is 13.7. The van der Waals surface area contributed by atoms with Crippen LogP contribution in [0.15, 0.2) is 17.2 Å².